The number of hydrogen-bond acceptors (Lipinski definition) is 3. The lowest BCUT2D eigenvalue weighted by molar-refractivity contribution is -0.385. The van der Waals surface area contributed by atoms with Crippen molar-refractivity contribution in [3.8, 4) is 5.75 Å². The van der Waals surface area contributed by atoms with Gasteiger partial charge in [0.2, 0.25) is 0 Å². The molecule has 0 unspecified atom stereocenters. The predicted molar refractivity (Wildman–Crippen MR) is 49.1 cm³/mol. The highest BCUT2D eigenvalue weighted by Crippen LogP contribution is 2.31. The van der Waals surface area contributed by atoms with Gasteiger partial charge in [-0.05, 0) is 25.0 Å². The Labute approximate surface area is 76.3 Å². The van der Waals surface area contributed by atoms with E-state index in [2.05, 4.69) is 0 Å². The van der Waals surface area contributed by atoms with Crippen LogP contribution in [0.25, 0.3) is 0 Å². The first kappa shape index (κ1) is 9.51. The first-order valence-electron chi connectivity index (χ1n) is 3.86. The average molecular weight is 181 g/mol. The summed E-state index contributed by atoms with van der Waals surface area (Å²) in [6, 6.07) is 3.36. The Morgan fingerprint density at radius 3 is 2.46 bits per heavy atom. The van der Waals surface area contributed by atoms with Gasteiger partial charge >= 0.3 is 5.69 Å². The number of methoxy groups -OCH3 is 1. The lowest BCUT2D eigenvalue weighted by Gasteiger charge is -2.05. The monoisotopic (exact) mass is 181 g/mol. The molecule has 0 spiro atoms. The molecule has 0 aromatic heterocycles. The van der Waals surface area contributed by atoms with E-state index in [-0.39, 0.29) is 5.69 Å². The normalized spacial score (nSPS) is 9.77. The van der Waals surface area contributed by atoms with Crippen molar-refractivity contribution in [2.45, 2.75) is 13.8 Å². The highest BCUT2D eigenvalue weighted by Gasteiger charge is 2.16. The van der Waals surface area contributed by atoms with E-state index in [1.165, 1.54) is 13.2 Å². The molecule has 0 saturated heterocycles. The van der Waals surface area contributed by atoms with Gasteiger partial charge in [0, 0.05) is 6.07 Å². The van der Waals surface area contributed by atoms with Crippen molar-refractivity contribution in [2.24, 2.45) is 0 Å². The molecule has 1 rings (SSSR count). The van der Waals surface area contributed by atoms with E-state index in [1.807, 2.05) is 13.0 Å². The summed E-state index contributed by atoms with van der Waals surface area (Å²) < 4.78 is 4.95. The van der Waals surface area contributed by atoms with Crippen LogP contribution in [0.3, 0.4) is 0 Å². The van der Waals surface area contributed by atoms with Crippen molar-refractivity contribution in [3.05, 3.63) is 33.4 Å². The van der Waals surface area contributed by atoms with E-state index in [9.17, 15) is 10.1 Å². The Bertz CT molecular complexity index is 347. The van der Waals surface area contributed by atoms with Crippen molar-refractivity contribution in [2.75, 3.05) is 7.11 Å². The Balaban J connectivity index is 3.38. The third-order valence-electron chi connectivity index (χ3n) is 1.80. The van der Waals surface area contributed by atoms with Gasteiger partial charge in [-0.3, -0.25) is 10.1 Å². The molecule has 0 saturated carbocycles. The summed E-state index contributed by atoms with van der Waals surface area (Å²) in [5, 5.41) is 10.6. The number of nitro benzene ring substituents is 1. The lowest BCUT2D eigenvalue weighted by Crippen LogP contribution is -1.96. The number of nitrogens with zero attached hydrogens (tertiary/aromatic N) is 1. The molecular formula is C9H11NO3. The molecule has 0 heterocycles. The molecule has 13 heavy (non-hydrogen) atoms. The van der Waals surface area contributed by atoms with E-state index in [4.69, 9.17) is 4.74 Å². The Kier molecular flexibility index (Phi) is 2.51. The van der Waals surface area contributed by atoms with E-state index < -0.39 is 4.92 Å². The lowest BCUT2D eigenvalue weighted by atomic mass is 10.1. The van der Waals surface area contributed by atoms with E-state index in [0.29, 0.717) is 5.75 Å². The fraction of sp³-hybridized carbons (Fsp3) is 0.333. The summed E-state index contributed by atoms with van der Waals surface area (Å²) in [5.74, 6) is 0.343. The number of rotatable bonds is 2. The number of nitro groups is 1. The van der Waals surface area contributed by atoms with Crippen molar-refractivity contribution in [1.29, 1.82) is 0 Å². The molecule has 0 aliphatic heterocycles. The summed E-state index contributed by atoms with van der Waals surface area (Å²) in [6.45, 7) is 3.61. The number of ether oxygens (including phenoxy) is 1. The minimum absolute atomic E-state index is 0.0278. The number of aryl methyl sites for hydroxylation is 2. The predicted octanol–water partition coefficient (Wildman–Crippen LogP) is 2.22. The molecular weight excluding hydrogens is 170 g/mol. The summed E-state index contributed by atoms with van der Waals surface area (Å²) in [4.78, 5) is 10.2. The van der Waals surface area contributed by atoms with Gasteiger partial charge in [-0.15, -0.1) is 0 Å². The van der Waals surface area contributed by atoms with Crippen molar-refractivity contribution < 1.29 is 9.66 Å². The van der Waals surface area contributed by atoms with Gasteiger partial charge < -0.3 is 4.74 Å². The Morgan fingerprint density at radius 1 is 1.38 bits per heavy atom. The smallest absolute Gasteiger partial charge is 0.311 e. The number of hydrogen-bond donors (Lipinski definition) is 0. The highest BCUT2D eigenvalue weighted by atomic mass is 16.6. The Hall–Kier alpha value is -1.58. The van der Waals surface area contributed by atoms with Crippen molar-refractivity contribution >= 4 is 5.69 Å². The second-order valence-electron chi connectivity index (χ2n) is 2.89. The van der Waals surface area contributed by atoms with Gasteiger partial charge in [0.1, 0.15) is 0 Å². The van der Waals surface area contributed by atoms with Crippen LogP contribution in [0.5, 0.6) is 5.75 Å². The van der Waals surface area contributed by atoms with Crippen molar-refractivity contribution in [3.63, 3.8) is 0 Å². The molecule has 0 N–H and O–H groups in total. The van der Waals surface area contributed by atoms with Crippen molar-refractivity contribution in [1.82, 2.24) is 0 Å². The van der Waals surface area contributed by atoms with Gasteiger partial charge in [0.15, 0.2) is 5.75 Å². The summed E-state index contributed by atoms with van der Waals surface area (Å²) in [6.07, 6.45) is 0. The summed E-state index contributed by atoms with van der Waals surface area (Å²) in [5.41, 5.74) is 1.68. The summed E-state index contributed by atoms with van der Waals surface area (Å²) >= 11 is 0. The molecule has 4 nitrogen and oxygen atoms in total. The van der Waals surface area contributed by atoms with Crippen LogP contribution in [0.1, 0.15) is 11.1 Å². The second kappa shape index (κ2) is 3.43. The zero-order valence-corrected chi connectivity index (χ0v) is 7.83. The van der Waals surface area contributed by atoms with Gasteiger partial charge in [-0.25, -0.2) is 0 Å². The molecule has 0 aliphatic carbocycles. The van der Waals surface area contributed by atoms with Crippen LogP contribution in [-0.4, -0.2) is 12.0 Å². The first-order chi connectivity index (χ1) is 6.06. The van der Waals surface area contributed by atoms with Gasteiger partial charge in [0.05, 0.1) is 12.0 Å². The third-order valence-corrected chi connectivity index (χ3v) is 1.80. The van der Waals surface area contributed by atoms with Gasteiger partial charge in [-0.1, -0.05) is 6.07 Å². The highest BCUT2D eigenvalue weighted by molar-refractivity contribution is 5.53. The quantitative estimate of drug-likeness (QED) is 0.519. The molecule has 1 aromatic rings. The van der Waals surface area contributed by atoms with E-state index in [1.54, 1.807) is 6.92 Å². The maximum Gasteiger partial charge on any atom is 0.311 e. The molecule has 4 heteroatoms. The van der Waals surface area contributed by atoms with E-state index >= 15 is 0 Å². The number of benzene rings is 1. The topological polar surface area (TPSA) is 52.4 Å². The van der Waals surface area contributed by atoms with Crippen LogP contribution in [0.4, 0.5) is 5.69 Å². The fourth-order valence-corrected chi connectivity index (χ4v) is 1.33. The minimum Gasteiger partial charge on any atom is -0.490 e. The van der Waals surface area contributed by atoms with Crippen LogP contribution >= 0.6 is 0 Å². The fourth-order valence-electron chi connectivity index (χ4n) is 1.33. The van der Waals surface area contributed by atoms with Gasteiger partial charge in [-0.2, -0.15) is 0 Å². The molecule has 0 atom stereocenters. The van der Waals surface area contributed by atoms with Crippen LogP contribution in [0, 0.1) is 24.0 Å². The van der Waals surface area contributed by atoms with E-state index in [0.717, 1.165) is 11.1 Å². The van der Waals surface area contributed by atoms with Crippen LogP contribution in [0.2, 0.25) is 0 Å². The third kappa shape index (κ3) is 1.77. The molecule has 70 valence electrons. The van der Waals surface area contributed by atoms with Gasteiger partial charge in [0.25, 0.3) is 0 Å². The molecule has 0 fully saturated rings. The second-order valence-corrected chi connectivity index (χ2v) is 2.89. The largest absolute Gasteiger partial charge is 0.490 e. The Morgan fingerprint density at radius 2 is 2.00 bits per heavy atom. The van der Waals surface area contributed by atoms with Crippen LogP contribution in [-0.2, 0) is 0 Å². The SMILES string of the molecule is COc1c(C)cc(C)cc1[N+](=O)[O-]. The molecule has 1 aromatic carbocycles. The summed E-state index contributed by atoms with van der Waals surface area (Å²) in [7, 11) is 1.44. The first-order valence-corrected chi connectivity index (χ1v) is 3.86. The molecule has 0 amide bonds. The molecule has 0 radical (unpaired) electrons. The molecule has 0 bridgehead atoms. The van der Waals surface area contributed by atoms with Crippen LogP contribution < -0.4 is 4.74 Å². The standard InChI is InChI=1S/C9H11NO3/c1-6-4-7(2)9(13-3)8(5-6)10(11)12/h4-5H,1-3H3. The minimum atomic E-state index is -0.432. The average Bonchev–Trinajstić information content (AvgIpc) is 2.02. The zero-order chi connectivity index (χ0) is 10.0. The maximum absolute atomic E-state index is 10.6. The maximum atomic E-state index is 10.6. The zero-order valence-electron chi connectivity index (χ0n) is 7.83. The molecule has 0 aliphatic rings. The van der Waals surface area contributed by atoms with Crippen LogP contribution in [0.15, 0.2) is 12.1 Å².